The van der Waals surface area contributed by atoms with Crippen LogP contribution < -0.4 is 21.5 Å². The van der Waals surface area contributed by atoms with Crippen molar-refractivity contribution in [3.8, 4) is 0 Å². The molecule has 0 radical (unpaired) electrons. The Morgan fingerprint density at radius 1 is 1.07 bits per heavy atom. The number of amidine groups is 1. The zero-order valence-electron chi connectivity index (χ0n) is 16.3. The Hall–Kier alpha value is -2.75. The number of benzene rings is 2. The third-order valence-corrected chi connectivity index (χ3v) is 7.36. The van der Waals surface area contributed by atoms with Crippen LogP contribution in [0.25, 0.3) is 0 Å². The molecule has 3 aliphatic rings. The molecule has 2 fully saturated rings. The van der Waals surface area contributed by atoms with Gasteiger partial charge in [-0.15, -0.1) is 4.40 Å². The summed E-state index contributed by atoms with van der Waals surface area (Å²) in [6, 6.07) is 14.1. The molecule has 8 nitrogen and oxygen atoms in total. The fraction of sp³-hybridized carbons (Fsp3) is 0.333. The Labute approximate surface area is 175 Å². The van der Waals surface area contributed by atoms with Gasteiger partial charge in [0.25, 0.3) is 15.9 Å². The zero-order valence-corrected chi connectivity index (χ0v) is 17.1. The van der Waals surface area contributed by atoms with E-state index in [1.807, 2.05) is 0 Å². The van der Waals surface area contributed by atoms with Gasteiger partial charge in [-0.3, -0.25) is 15.6 Å². The van der Waals surface area contributed by atoms with E-state index >= 15 is 0 Å². The SMILES string of the molecule is O=C(NC1CCCC2CNNC21)c1ccc(NC2=NS(=O)(=O)c3ccccc32)cc1. The molecule has 3 unspecified atom stereocenters. The number of hydrogen-bond acceptors (Lipinski definition) is 6. The first-order valence-corrected chi connectivity index (χ1v) is 11.6. The lowest BCUT2D eigenvalue weighted by molar-refractivity contribution is 0.0910. The van der Waals surface area contributed by atoms with Crippen LogP contribution in [0.15, 0.2) is 57.8 Å². The number of hydrazine groups is 1. The van der Waals surface area contributed by atoms with Gasteiger partial charge in [0.1, 0.15) is 4.90 Å². The number of anilines is 1. The van der Waals surface area contributed by atoms with Crippen molar-refractivity contribution in [3.05, 3.63) is 59.7 Å². The molecule has 0 bridgehead atoms. The van der Waals surface area contributed by atoms with Gasteiger partial charge in [-0.1, -0.05) is 18.6 Å². The molecule has 3 atom stereocenters. The van der Waals surface area contributed by atoms with Crippen molar-refractivity contribution in [1.82, 2.24) is 16.2 Å². The average Bonchev–Trinajstić information content (AvgIpc) is 3.32. The second-order valence-corrected chi connectivity index (χ2v) is 9.51. The highest BCUT2D eigenvalue weighted by Crippen LogP contribution is 2.28. The van der Waals surface area contributed by atoms with Gasteiger partial charge < -0.3 is 10.6 Å². The molecule has 1 aliphatic carbocycles. The van der Waals surface area contributed by atoms with Crippen LogP contribution in [0.1, 0.15) is 35.2 Å². The minimum Gasteiger partial charge on any atom is -0.348 e. The molecule has 4 N–H and O–H groups in total. The first-order valence-electron chi connectivity index (χ1n) is 10.1. The van der Waals surface area contributed by atoms with E-state index in [4.69, 9.17) is 0 Å². The van der Waals surface area contributed by atoms with Gasteiger partial charge >= 0.3 is 0 Å². The van der Waals surface area contributed by atoms with E-state index in [0.717, 1.165) is 19.4 Å². The van der Waals surface area contributed by atoms with Crippen LogP contribution in [0.4, 0.5) is 5.69 Å². The molecule has 9 heteroatoms. The van der Waals surface area contributed by atoms with Crippen LogP contribution >= 0.6 is 0 Å². The largest absolute Gasteiger partial charge is 0.348 e. The smallest absolute Gasteiger partial charge is 0.285 e. The summed E-state index contributed by atoms with van der Waals surface area (Å²) in [6.07, 6.45) is 3.26. The number of carbonyl (C=O) groups is 1. The van der Waals surface area contributed by atoms with E-state index in [2.05, 4.69) is 25.9 Å². The van der Waals surface area contributed by atoms with Gasteiger partial charge in [-0.05, 0) is 55.2 Å². The molecule has 0 aromatic heterocycles. The quantitative estimate of drug-likeness (QED) is 0.595. The fourth-order valence-corrected chi connectivity index (χ4v) is 5.67. The van der Waals surface area contributed by atoms with Gasteiger partial charge in [-0.25, -0.2) is 0 Å². The van der Waals surface area contributed by atoms with Gasteiger partial charge in [0, 0.05) is 35.4 Å². The van der Waals surface area contributed by atoms with E-state index in [9.17, 15) is 13.2 Å². The molecular weight excluding hydrogens is 402 g/mol. The van der Waals surface area contributed by atoms with E-state index in [1.54, 1.807) is 48.5 Å². The molecule has 2 heterocycles. The Balaban J connectivity index is 1.28. The summed E-state index contributed by atoms with van der Waals surface area (Å²) in [4.78, 5) is 12.9. The van der Waals surface area contributed by atoms with Crippen molar-refractivity contribution >= 4 is 27.5 Å². The molecule has 1 saturated carbocycles. The molecule has 30 heavy (non-hydrogen) atoms. The number of amides is 1. The molecule has 1 saturated heterocycles. The molecule has 156 valence electrons. The second kappa shape index (κ2) is 7.50. The standard InChI is InChI=1S/C21H23N5O3S/c27-21(24-17-6-3-4-14-12-22-25-19(14)17)13-8-10-15(11-9-13)23-20-16-5-1-2-7-18(16)30(28,29)26-20/h1-2,5,7-11,14,17,19,22,25H,3-4,6,12H2,(H,23,26)(H,24,27). The highest BCUT2D eigenvalue weighted by molar-refractivity contribution is 7.90. The van der Waals surface area contributed by atoms with E-state index < -0.39 is 10.0 Å². The monoisotopic (exact) mass is 425 g/mol. The van der Waals surface area contributed by atoms with Crippen LogP contribution in [0, 0.1) is 5.92 Å². The summed E-state index contributed by atoms with van der Waals surface area (Å²) in [5, 5.41) is 6.21. The normalized spacial score (nSPS) is 26.4. The van der Waals surface area contributed by atoms with Gasteiger partial charge in [-0.2, -0.15) is 8.42 Å². The van der Waals surface area contributed by atoms with Gasteiger partial charge in [0.15, 0.2) is 5.84 Å². The van der Waals surface area contributed by atoms with Crippen LogP contribution in [-0.4, -0.2) is 38.8 Å². The van der Waals surface area contributed by atoms with Crippen molar-refractivity contribution in [2.75, 3.05) is 11.9 Å². The molecule has 2 aromatic rings. The number of sulfonamides is 1. The number of carbonyl (C=O) groups excluding carboxylic acids is 1. The fourth-order valence-electron chi connectivity index (χ4n) is 4.49. The zero-order chi connectivity index (χ0) is 20.7. The number of nitrogens with one attached hydrogen (secondary N) is 4. The third-order valence-electron chi connectivity index (χ3n) is 6.02. The molecule has 0 spiro atoms. The van der Waals surface area contributed by atoms with E-state index in [0.29, 0.717) is 22.7 Å². The molecule has 2 aliphatic heterocycles. The van der Waals surface area contributed by atoms with Crippen molar-refractivity contribution in [2.45, 2.75) is 36.2 Å². The maximum Gasteiger partial charge on any atom is 0.285 e. The Bertz CT molecular complexity index is 1110. The Morgan fingerprint density at radius 3 is 2.70 bits per heavy atom. The second-order valence-electron chi connectivity index (χ2n) is 7.94. The number of hydrogen-bond donors (Lipinski definition) is 4. The number of fused-ring (bicyclic) bond motifs is 2. The van der Waals surface area contributed by atoms with Crippen LogP contribution in [0.5, 0.6) is 0 Å². The highest BCUT2D eigenvalue weighted by Gasteiger charge is 2.37. The minimum absolute atomic E-state index is 0.105. The lowest BCUT2D eigenvalue weighted by Crippen LogP contribution is -2.52. The highest BCUT2D eigenvalue weighted by atomic mass is 32.2. The number of nitrogens with zero attached hydrogens (tertiary/aromatic N) is 1. The van der Waals surface area contributed by atoms with Crippen molar-refractivity contribution in [3.63, 3.8) is 0 Å². The van der Waals surface area contributed by atoms with Crippen molar-refractivity contribution < 1.29 is 13.2 Å². The third kappa shape index (κ3) is 3.49. The molecule has 5 rings (SSSR count). The maximum absolute atomic E-state index is 12.7. The first kappa shape index (κ1) is 19.2. The Morgan fingerprint density at radius 2 is 1.87 bits per heavy atom. The summed E-state index contributed by atoms with van der Waals surface area (Å²) < 4.78 is 28.2. The summed E-state index contributed by atoms with van der Waals surface area (Å²) in [5.41, 5.74) is 8.26. The number of rotatable bonds is 3. The molecule has 1 amide bonds. The summed E-state index contributed by atoms with van der Waals surface area (Å²) in [7, 11) is -3.67. The maximum atomic E-state index is 12.7. The van der Waals surface area contributed by atoms with Gasteiger partial charge in [0.2, 0.25) is 0 Å². The first-order chi connectivity index (χ1) is 14.5. The van der Waals surface area contributed by atoms with Crippen LogP contribution in [-0.2, 0) is 10.0 Å². The lowest BCUT2D eigenvalue weighted by atomic mass is 9.82. The van der Waals surface area contributed by atoms with Crippen molar-refractivity contribution in [1.29, 1.82) is 0 Å². The van der Waals surface area contributed by atoms with E-state index in [1.165, 1.54) is 6.42 Å². The minimum atomic E-state index is -3.67. The van der Waals surface area contributed by atoms with E-state index in [-0.39, 0.29) is 28.7 Å². The Kier molecular flexibility index (Phi) is 4.80. The van der Waals surface area contributed by atoms with Crippen LogP contribution in [0.2, 0.25) is 0 Å². The topological polar surface area (TPSA) is 112 Å². The summed E-state index contributed by atoms with van der Waals surface area (Å²) in [5.74, 6) is 0.741. The predicted molar refractivity (Wildman–Crippen MR) is 114 cm³/mol. The average molecular weight is 426 g/mol. The predicted octanol–water partition coefficient (Wildman–Crippen LogP) is 1.62. The lowest BCUT2D eigenvalue weighted by Gasteiger charge is -2.33. The molecule has 2 aromatic carbocycles. The summed E-state index contributed by atoms with van der Waals surface area (Å²) >= 11 is 0. The van der Waals surface area contributed by atoms with Crippen LogP contribution in [0.3, 0.4) is 0 Å². The summed E-state index contributed by atoms with van der Waals surface area (Å²) in [6.45, 7) is 0.945. The van der Waals surface area contributed by atoms with Crippen molar-refractivity contribution in [2.24, 2.45) is 10.3 Å². The van der Waals surface area contributed by atoms with Gasteiger partial charge in [0.05, 0.1) is 0 Å². The molecular formula is C21H23N5O3S.